The number of fused-ring (bicyclic) bond motifs is 1. The minimum atomic E-state index is -0.499. The molecule has 104 valence electrons. The molecule has 3 aromatic rings. The van der Waals surface area contributed by atoms with Crippen LogP contribution >= 0.6 is 23.2 Å². The number of hydrogen-bond donors (Lipinski definition) is 0. The molecule has 0 spiro atoms. The van der Waals surface area contributed by atoms with Crippen LogP contribution in [0.15, 0.2) is 23.0 Å². The fourth-order valence-corrected chi connectivity index (χ4v) is 2.35. The molecule has 3 rings (SSSR count). The SMILES string of the molecule is Fc1cc2nc(CCCl)n(Cc3ncon3)c2cc1Cl. The predicted octanol–water partition coefficient (Wildman–Crippen LogP) is 3.04. The maximum Gasteiger partial charge on any atom is 0.213 e. The lowest BCUT2D eigenvalue weighted by Crippen LogP contribution is -2.07. The van der Waals surface area contributed by atoms with Gasteiger partial charge in [0.15, 0.2) is 5.82 Å². The lowest BCUT2D eigenvalue weighted by Gasteiger charge is -2.05. The molecule has 1 aromatic carbocycles. The fourth-order valence-electron chi connectivity index (χ4n) is 2.03. The third-order valence-electron chi connectivity index (χ3n) is 2.89. The molecule has 0 aliphatic rings. The van der Waals surface area contributed by atoms with E-state index in [4.69, 9.17) is 27.7 Å². The van der Waals surface area contributed by atoms with E-state index in [0.29, 0.717) is 35.7 Å². The first-order valence-corrected chi connectivity index (χ1v) is 6.75. The summed E-state index contributed by atoms with van der Waals surface area (Å²) in [4.78, 5) is 8.35. The summed E-state index contributed by atoms with van der Waals surface area (Å²) in [5.74, 6) is 1.13. The van der Waals surface area contributed by atoms with Gasteiger partial charge in [0, 0.05) is 18.4 Å². The lowest BCUT2D eigenvalue weighted by atomic mass is 10.3. The predicted molar refractivity (Wildman–Crippen MR) is 72.5 cm³/mol. The number of imidazole rings is 1. The van der Waals surface area contributed by atoms with Crippen LogP contribution in [0, 0.1) is 5.82 Å². The number of rotatable bonds is 4. The van der Waals surface area contributed by atoms with Gasteiger partial charge in [0.1, 0.15) is 11.6 Å². The molecule has 5 nitrogen and oxygen atoms in total. The first kappa shape index (κ1) is 13.3. The molecule has 0 aliphatic heterocycles. The Balaban J connectivity index is 2.15. The minimum Gasteiger partial charge on any atom is -0.343 e. The van der Waals surface area contributed by atoms with E-state index < -0.39 is 5.82 Å². The zero-order valence-electron chi connectivity index (χ0n) is 10.2. The molecule has 0 bridgehead atoms. The minimum absolute atomic E-state index is 0.0455. The van der Waals surface area contributed by atoms with Crippen LogP contribution in [0.25, 0.3) is 11.0 Å². The van der Waals surface area contributed by atoms with E-state index in [-0.39, 0.29) is 5.02 Å². The van der Waals surface area contributed by atoms with Gasteiger partial charge in [-0.2, -0.15) is 4.98 Å². The van der Waals surface area contributed by atoms with Crippen molar-refractivity contribution in [1.29, 1.82) is 0 Å². The number of halogens is 3. The van der Waals surface area contributed by atoms with Crippen molar-refractivity contribution in [3.05, 3.63) is 41.0 Å². The summed E-state index contributed by atoms with van der Waals surface area (Å²) in [6, 6.07) is 2.85. The molecule has 0 radical (unpaired) electrons. The number of nitrogens with zero attached hydrogens (tertiary/aromatic N) is 4. The second kappa shape index (κ2) is 5.38. The molecule has 0 saturated heterocycles. The third kappa shape index (κ3) is 2.36. The molecule has 0 N–H and O–H groups in total. The fraction of sp³-hybridized carbons (Fsp3) is 0.250. The van der Waals surface area contributed by atoms with Crippen molar-refractivity contribution in [3.8, 4) is 0 Å². The van der Waals surface area contributed by atoms with Crippen molar-refractivity contribution in [2.75, 3.05) is 5.88 Å². The maximum absolute atomic E-state index is 13.5. The van der Waals surface area contributed by atoms with Crippen LogP contribution in [0.3, 0.4) is 0 Å². The Kier molecular flexibility index (Phi) is 3.58. The van der Waals surface area contributed by atoms with E-state index in [2.05, 4.69) is 15.1 Å². The van der Waals surface area contributed by atoms with Crippen molar-refractivity contribution in [3.63, 3.8) is 0 Å². The molecule has 8 heteroatoms. The third-order valence-corrected chi connectivity index (χ3v) is 3.37. The second-order valence-corrected chi connectivity index (χ2v) is 4.94. The summed E-state index contributed by atoms with van der Waals surface area (Å²) in [6.07, 6.45) is 1.80. The zero-order chi connectivity index (χ0) is 14.1. The Hall–Kier alpha value is -1.66. The molecular weight excluding hydrogens is 306 g/mol. The van der Waals surface area contributed by atoms with Gasteiger partial charge >= 0.3 is 0 Å². The molecule has 0 aliphatic carbocycles. The highest BCUT2D eigenvalue weighted by Gasteiger charge is 2.15. The second-order valence-electron chi connectivity index (χ2n) is 4.16. The van der Waals surface area contributed by atoms with Gasteiger partial charge in [-0.3, -0.25) is 0 Å². The van der Waals surface area contributed by atoms with Crippen LogP contribution in [0.1, 0.15) is 11.6 Å². The van der Waals surface area contributed by atoms with Crippen LogP contribution in [-0.2, 0) is 13.0 Å². The number of aromatic nitrogens is 4. The average Bonchev–Trinajstić information content (AvgIpc) is 3.02. The Bertz CT molecular complexity index is 742. The van der Waals surface area contributed by atoms with E-state index in [1.807, 2.05) is 4.57 Å². The van der Waals surface area contributed by atoms with Gasteiger partial charge in [0.2, 0.25) is 6.39 Å². The molecule has 0 amide bonds. The smallest absolute Gasteiger partial charge is 0.213 e. The number of aryl methyl sites for hydroxylation is 1. The molecule has 0 saturated carbocycles. The van der Waals surface area contributed by atoms with Gasteiger partial charge in [-0.05, 0) is 6.07 Å². The van der Waals surface area contributed by atoms with E-state index in [1.165, 1.54) is 18.5 Å². The van der Waals surface area contributed by atoms with Gasteiger partial charge in [0.05, 0.1) is 22.6 Å². The van der Waals surface area contributed by atoms with Crippen molar-refractivity contribution < 1.29 is 8.91 Å². The highest BCUT2D eigenvalue weighted by Crippen LogP contribution is 2.24. The summed E-state index contributed by atoms with van der Waals surface area (Å²) in [5, 5.41) is 3.81. The van der Waals surface area contributed by atoms with Crippen LogP contribution < -0.4 is 0 Å². The topological polar surface area (TPSA) is 56.7 Å². The Morgan fingerprint density at radius 1 is 1.35 bits per heavy atom. The van der Waals surface area contributed by atoms with Crippen molar-refractivity contribution in [2.24, 2.45) is 0 Å². The molecule has 0 fully saturated rings. The van der Waals surface area contributed by atoms with Crippen molar-refractivity contribution in [2.45, 2.75) is 13.0 Å². The Labute approximate surface area is 123 Å². The van der Waals surface area contributed by atoms with Crippen LogP contribution in [0.5, 0.6) is 0 Å². The Morgan fingerprint density at radius 3 is 2.90 bits per heavy atom. The lowest BCUT2D eigenvalue weighted by molar-refractivity contribution is 0.408. The maximum atomic E-state index is 13.5. The van der Waals surface area contributed by atoms with Crippen molar-refractivity contribution in [1.82, 2.24) is 19.7 Å². The highest BCUT2D eigenvalue weighted by atomic mass is 35.5. The molecule has 2 heterocycles. The van der Waals surface area contributed by atoms with Gasteiger partial charge in [-0.25, -0.2) is 9.37 Å². The normalized spacial score (nSPS) is 11.3. The van der Waals surface area contributed by atoms with Crippen LogP contribution in [-0.4, -0.2) is 25.6 Å². The van der Waals surface area contributed by atoms with Gasteiger partial charge < -0.3 is 9.09 Å². The summed E-state index contributed by atoms with van der Waals surface area (Å²) in [5.41, 5.74) is 1.23. The average molecular weight is 315 g/mol. The Morgan fingerprint density at radius 2 is 2.20 bits per heavy atom. The van der Waals surface area contributed by atoms with Gasteiger partial charge in [-0.1, -0.05) is 16.8 Å². The summed E-state index contributed by atoms with van der Waals surface area (Å²) in [6.45, 7) is 0.362. The first-order valence-electron chi connectivity index (χ1n) is 5.84. The molecular formula is C12H9Cl2FN4O. The van der Waals surface area contributed by atoms with Crippen molar-refractivity contribution >= 4 is 34.2 Å². The first-order chi connectivity index (χ1) is 9.69. The monoisotopic (exact) mass is 314 g/mol. The van der Waals surface area contributed by atoms with E-state index in [1.54, 1.807) is 0 Å². The van der Waals surface area contributed by atoms with Gasteiger partial charge in [0.25, 0.3) is 0 Å². The van der Waals surface area contributed by atoms with E-state index in [9.17, 15) is 4.39 Å². The molecule has 2 aromatic heterocycles. The van der Waals surface area contributed by atoms with Gasteiger partial charge in [-0.15, -0.1) is 11.6 Å². The number of benzene rings is 1. The van der Waals surface area contributed by atoms with E-state index in [0.717, 1.165) is 5.82 Å². The molecule has 20 heavy (non-hydrogen) atoms. The van der Waals surface area contributed by atoms with Crippen LogP contribution in [0.4, 0.5) is 4.39 Å². The standard InChI is InChI=1S/C12H9Cl2FN4O/c13-2-1-12-17-9-4-8(15)7(14)3-10(9)19(12)5-11-16-6-20-18-11/h3-4,6H,1-2,5H2. The summed E-state index contributed by atoms with van der Waals surface area (Å²) in [7, 11) is 0. The van der Waals surface area contributed by atoms with Crippen LogP contribution in [0.2, 0.25) is 5.02 Å². The zero-order valence-corrected chi connectivity index (χ0v) is 11.7. The number of hydrogen-bond acceptors (Lipinski definition) is 4. The quantitative estimate of drug-likeness (QED) is 0.694. The number of alkyl halides is 1. The molecule has 0 atom stereocenters. The largest absolute Gasteiger partial charge is 0.343 e. The summed E-state index contributed by atoms with van der Waals surface area (Å²) >= 11 is 11.6. The summed E-state index contributed by atoms with van der Waals surface area (Å²) < 4.78 is 20.1. The highest BCUT2D eigenvalue weighted by molar-refractivity contribution is 6.31. The molecule has 0 unspecified atom stereocenters. The van der Waals surface area contributed by atoms with E-state index >= 15 is 0 Å².